The van der Waals surface area contributed by atoms with Gasteiger partial charge in [-0.3, -0.25) is 0 Å². The summed E-state index contributed by atoms with van der Waals surface area (Å²) in [5, 5.41) is 10.2. The highest BCUT2D eigenvalue weighted by atomic mass is 15.0. The summed E-state index contributed by atoms with van der Waals surface area (Å²) in [6.07, 6.45) is 31.0. The van der Waals surface area contributed by atoms with Crippen molar-refractivity contribution in [3.05, 3.63) is 178 Å². The number of dihydropyridines is 2. The molecule has 0 bridgehead atoms. The normalized spacial score (nSPS) is 23.0. The van der Waals surface area contributed by atoms with Crippen molar-refractivity contribution in [2.45, 2.75) is 24.7 Å². The van der Waals surface area contributed by atoms with Crippen molar-refractivity contribution < 1.29 is 0 Å². The van der Waals surface area contributed by atoms with E-state index in [0.717, 1.165) is 32.4 Å². The van der Waals surface area contributed by atoms with Crippen molar-refractivity contribution in [1.82, 2.24) is 10.6 Å². The second kappa shape index (κ2) is 9.46. The number of allylic oxidation sites excluding steroid dienone is 16. The van der Waals surface area contributed by atoms with Crippen molar-refractivity contribution >= 4 is 21.9 Å². The zero-order valence-corrected chi connectivity index (χ0v) is 25.2. The fraction of sp³-hybridized carbons (Fsp3) is 0.163. The highest BCUT2D eigenvalue weighted by Gasteiger charge is 2.54. The van der Waals surface area contributed by atoms with Crippen LogP contribution in [0.2, 0.25) is 0 Å². The van der Waals surface area contributed by atoms with Crippen LogP contribution in [0.15, 0.2) is 161 Å². The Morgan fingerprint density at radius 2 is 1.40 bits per heavy atom. The molecule has 216 valence electrons. The Bertz CT molecular complexity index is 2140. The molecule has 3 aromatic carbocycles. The molecular weight excluding hydrogens is 544 g/mol. The fourth-order valence-corrected chi connectivity index (χ4v) is 9.05. The molecule has 0 saturated heterocycles. The molecule has 1 spiro atoms. The van der Waals surface area contributed by atoms with Crippen LogP contribution in [0.5, 0.6) is 0 Å². The van der Waals surface area contributed by atoms with Crippen LogP contribution in [-0.2, 0) is 5.41 Å². The minimum absolute atomic E-state index is 0.301. The van der Waals surface area contributed by atoms with Gasteiger partial charge in [-0.05, 0) is 97.4 Å². The number of nitrogens with one attached hydrogen (secondary N) is 2. The van der Waals surface area contributed by atoms with E-state index in [1.165, 1.54) is 83.4 Å². The van der Waals surface area contributed by atoms with Crippen molar-refractivity contribution in [3.63, 3.8) is 0 Å². The average molecular weight is 579 g/mol. The Labute approximate surface area is 264 Å². The number of rotatable bonds is 2. The van der Waals surface area contributed by atoms with Crippen molar-refractivity contribution in [1.29, 1.82) is 0 Å². The van der Waals surface area contributed by atoms with E-state index in [4.69, 9.17) is 0 Å². The molecule has 0 amide bonds. The summed E-state index contributed by atoms with van der Waals surface area (Å²) in [5.74, 6) is 0.463. The van der Waals surface area contributed by atoms with E-state index in [1.807, 2.05) is 0 Å². The van der Waals surface area contributed by atoms with Gasteiger partial charge in [-0.15, -0.1) is 0 Å². The Hall–Kier alpha value is -5.08. The van der Waals surface area contributed by atoms with E-state index in [0.29, 0.717) is 5.92 Å². The molecule has 0 radical (unpaired) electrons. The molecule has 0 fully saturated rings. The number of hydrogen-bond acceptors (Lipinski definition) is 2. The lowest BCUT2D eigenvalue weighted by Crippen LogP contribution is -2.31. The van der Waals surface area contributed by atoms with Crippen molar-refractivity contribution in [2.24, 2.45) is 5.92 Å². The molecule has 1 atom stereocenters. The molecular formula is C43H34N2. The summed E-state index contributed by atoms with van der Waals surface area (Å²) >= 11 is 0. The second-order valence-electron chi connectivity index (χ2n) is 13.1. The summed E-state index contributed by atoms with van der Waals surface area (Å²) in [5.41, 5.74) is 17.6. The van der Waals surface area contributed by atoms with Crippen LogP contribution < -0.4 is 10.6 Å². The minimum Gasteiger partial charge on any atom is -0.380 e. The predicted octanol–water partition coefficient (Wildman–Crippen LogP) is 9.16. The first kappa shape index (κ1) is 25.3. The van der Waals surface area contributed by atoms with Gasteiger partial charge in [-0.1, -0.05) is 121 Å². The van der Waals surface area contributed by atoms with Crippen LogP contribution >= 0.6 is 0 Å². The first-order valence-corrected chi connectivity index (χ1v) is 16.5. The summed E-state index contributed by atoms with van der Waals surface area (Å²) in [7, 11) is 0. The second-order valence-corrected chi connectivity index (χ2v) is 13.1. The van der Waals surface area contributed by atoms with E-state index >= 15 is 0 Å². The van der Waals surface area contributed by atoms with Gasteiger partial charge in [0.2, 0.25) is 0 Å². The average Bonchev–Trinajstić information content (AvgIpc) is 3.58. The lowest BCUT2D eigenvalue weighted by molar-refractivity contribution is 0.746. The maximum absolute atomic E-state index is 3.76. The molecule has 5 aliphatic carbocycles. The monoisotopic (exact) mass is 578 g/mol. The molecule has 0 aromatic heterocycles. The van der Waals surface area contributed by atoms with E-state index in [1.54, 1.807) is 0 Å². The van der Waals surface area contributed by atoms with Crippen LogP contribution in [0.25, 0.3) is 33.0 Å². The van der Waals surface area contributed by atoms with Gasteiger partial charge in [-0.25, -0.2) is 0 Å². The van der Waals surface area contributed by atoms with E-state index < -0.39 is 0 Å². The third-order valence-electron chi connectivity index (χ3n) is 11.0. The largest absolute Gasteiger partial charge is 0.380 e. The molecule has 3 aromatic rings. The highest BCUT2D eigenvalue weighted by Crippen LogP contribution is 2.63. The molecule has 7 aliphatic rings. The van der Waals surface area contributed by atoms with Gasteiger partial charge < -0.3 is 10.6 Å². The molecule has 2 aliphatic heterocycles. The fourth-order valence-electron chi connectivity index (χ4n) is 9.05. The SMILES string of the molecule is C1=CC2=CC=C(c3ccc(-c4ccc5c(c4)C4(C6=C(NCC=C6)C6=C4C=CCN6)C4=C5CCC=C4)c4ccccc34)CC2C=C1. The summed E-state index contributed by atoms with van der Waals surface area (Å²) in [6.45, 7) is 1.73. The Kier molecular flexibility index (Phi) is 5.31. The van der Waals surface area contributed by atoms with Gasteiger partial charge in [0.25, 0.3) is 0 Å². The molecule has 10 rings (SSSR count). The standard InChI is InChI=1S/C43H34N2/c1-2-10-28-25-29(18-17-27(28)9-1)31-21-22-32(34-12-4-3-11-33(31)34)30-19-20-36-35-13-5-6-14-37(35)43(40(36)26-30)38-15-7-23-44-41(38)42-39(43)16-8-24-45-42/h1-4,6-12,14-22,26,28,44-45H,5,13,23-25H2. The topological polar surface area (TPSA) is 24.1 Å². The van der Waals surface area contributed by atoms with E-state index in [-0.39, 0.29) is 5.41 Å². The first-order valence-electron chi connectivity index (χ1n) is 16.5. The first-order chi connectivity index (χ1) is 22.3. The molecule has 0 saturated carbocycles. The number of fused-ring (bicyclic) bond motifs is 9. The van der Waals surface area contributed by atoms with Crippen molar-refractivity contribution in [3.8, 4) is 11.1 Å². The van der Waals surface area contributed by atoms with Gasteiger partial charge in [0.1, 0.15) is 0 Å². The van der Waals surface area contributed by atoms with Gasteiger partial charge in [0.15, 0.2) is 0 Å². The molecule has 2 heteroatoms. The zero-order chi connectivity index (χ0) is 29.5. The molecule has 1 unspecified atom stereocenters. The summed E-state index contributed by atoms with van der Waals surface area (Å²) < 4.78 is 0. The molecule has 45 heavy (non-hydrogen) atoms. The van der Waals surface area contributed by atoms with Crippen LogP contribution in [0.4, 0.5) is 0 Å². The van der Waals surface area contributed by atoms with Crippen LogP contribution in [0, 0.1) is 5.92 Å². The lowest BCUT2D eigenvalue weighted by Gasteiger charge is -2.35. The minimum atomic E-state index is -0.301. The van der Waals surface area contributed by atoms with E-state index in [2.05, 4.69) is 138 Å². The molecule has 2 nitrogen and oxygen atoms in total. The Morgan fingerprint density at radius 3 is 2.22 bits per heavy atom. The lowest BCUT2D eigenvalue weighted by atomic mass is 9.66. The molecule has 2 N–H and O–H groups in total. The third kappa shape index (κ3) is 3.40. The predicted molar refractivity (Wildman–Crippen MR) is 187 cm³/mol. The summed E-state index contributed by atoms with van der Waals surface area (Å²) in [4.78, 5) is 0. The maximum Gasteiger partial charge on any atom is 0.0751 e. The highest BCUT2D eigenvalue weighted by molar-refractivity contribution is 6.04. The number of hydrogen-bond donors (Lipinski definition) is 2. The third-order valence-corrected chi connectivity index (χ3v) is 11.0. The Balaban J connectivity index is 1.17. The van der Waals surface area contributed by atoms with E-state index in [9.17, 15) is 0 Å². The smallest absolute Gasteiger partial charge is 0.0751 e. The van der Waals surface area contributed by atoms with Crippen LogP contribution in [-0.4, -0.2) is 13.1 Å². The van der Waals surface area contributed by atoms with Crippen molar-refractivity contribution in [2.75, 3.05) is 13.1 Å². The Morgan fingerprint density at radius 1 is 0.667 bits per heavy atom. The van der Waals surface area contributed by atoms with Gasteiger partial charge >= 0.3 is 0 Å². The van der Waals surface area contributed by atoms with Crippen LogP contribution in [0.1, 0.15) is 36.0 Å². The zero-order valence-electron chi connectivity index (χ0n) is 25.2. The summed E-state index contributed by atoms with van der Waals surface area (Å²) in [6, 6.07) is 21.1. The quantitative estimate of drug-likeness (QED) is 0.317. The van der Waals surface area contributed by atoms with Gasteiger partial charge in [0, 0.05) is 19.0 Å². The van der Waals surface area contributed by atoms with Gasteiger partial charge in [-0.2, -0.15) is 0 Å². The van der Waals surface area contributed by atoms with Crippen LogP contribution in [0.3, 0.4) is 0 Å². The number of benzene rings is 3. The molecule has 2 heterocycles. The maximum atomic E-state index is 3.76. The van der Waals surface area contributed by atoms with Gasteiger partial charge in [0.05, 0.1) is 16.8 Å².